The van der Waals surface area contributed by atoms with Crippen molar-refractivity contribution >= 4 is 17.5 Å². The molecule has 3 rings (SSSR count). The Kier molecular flexibility index (Phi) is 4.96. The van der Waals surface area contributed by atoms with Gasteiger partial charge in [0.05, 0.1) is 18.3 Å². The number of amides is 1. The zero-order valence-electron chi connectivity index (χ0n) is 13.4. The largest absolute Gasteiger partial charge is 0.341 e. The van der Waals surface area contributed by atoms with Crippen LogP contribution in [0.2, 0.25) is 5.02 Å². The van der Waals surface area contributed by atoms with Crippen LogP contribution in [0.5, 0.6) is 0 Å². The van der Waals surface area contributed by atoms with Crippen molar-refractivity contribution in [2.75, 3.05) is 7.05 Å². The Balaban J connectivity index is 1.65. The molecule has 1 amide bonds. The molecule has 1 aromatic heterocycles. The molecular weight excluding hydrogens is 322 g/mol. The number of nitrogens with zero attached hydrogens (tertiary/aromatic N) is 3. The van der Waals surface area contributed by atoms with Gasteiger partial charge in [0.15, 0.2) is 0 Å². The van der Waals surface area contributed by atoms with Gasteiger partial charge in [-0.25, -0.2) is 4.68 Å². The van der Waals surface area contributed by atoms with Crippen LogP contribution in [-0.2, 0) is 17.8 Å². The van der Waals surface area contributed by atoms with Crippen molar-refractivity contribution in [2.45, 2.75) is 13.0 Å². The molecular formula is C19H18ClN3O. The maximum Gasteiger partial charge on any atom is 0.227 e. The zero-order valence-corrected chi connectivity index (χ0v) is 14.1. The lowest BCUT2D eigenvalue weighted by Crippen LogP contribution is -2.27. The molecule has 3 aromatic rings. The van der Waals surface area contributed by atoms with Crippen molar-refractivity contribution < 1.29 is 4.79 Å². The number of carbonyl (C=O) groups is 1. The first-order valence-electron chi connectivity index (χ1n) is 7.70. The van der Waals surface area contributed by atoms with Gasteiger partial charge < -0.3 is 4.90 Å². The van der Waals surface area contributed by atoms with Crippen LogP contribution < -0.4 is 0 Å². The van der Waals surface area contributed by atoms with Crippen molar-refractivity contribution in [3.8, 4) is 5.69 Å². The molecule has 0 fully saturated rings. The number of hydrogen-bond donors (Lipinski definition) is 0. The third kappa shape index (κ3) is 3.84. The first-order chi connectivity index (χ1) is 11.6. The molecule has 0 aliphatic heterocycles. The van der Waals surface area contributed by atoms with E-state index in [1.165, 1.54) is 0 Å². The molecule has 2 aromatic carbocycles. The number of rotatable bonds is 5. The number of carbonyl (C=O) groups excluding carboxylic acids is 1. The van der Waals surface area contributed by atoms with Gasteiger partial charge in [-0.2, -0.15) is 5.10 Å². The Morgan fingerprint density at radius 1 is 1.12 bits per heavy atom. The van der Waals surface area contributed by atoms with Gasteiger partial charge >= 0.3 is 0 Å². The average molecular weight is 340 g/mol. The normalized spacial score (nSPS) is 10.6. The highest BCUT2D eigenvalue weighted by atomic mass is 35.5. The molecule has 0 saturated carbocycles. The summed E-state index contributed by atoms with van der Waals surface area (Å²) < 4.78 is 1.77. The summed E-state index contributed by atoms with van der Waals surface area (Å²) >= 11 is 6.15. The standard InChI is InChI=1S/C19H18ClN3O/c1-22(14-16-7-5-6-10-18(16)20)19(24)11-15-12-21-23(13-15)17-8-3-2-4-9-17/h2-10,12-13H,11,14H2,1H3. The van der Waals surface area contributed by atoms with E-state index in [-0.39, 0.29) is 5.91 Å². The van der Waals surface area contributed by atoms with Crippen molar-refractivity contribution in [3.05, 3.63) is 83.1 Å². The summed E-state index contributed by atoms with van der Waals surface area (Å²) in [5, 5.41) is 5.00. The van der Waals surface area contributed by atoms with Gasteiger partial charge in [-0.05, 0) is 29.3 Å². The van der Waals surface area contributed by atoms with Crippen LogP contribution in [0.25, 0.3) is 5.69 Å². The van der Waals surface area contributed by atoms with E-state index in [9.17, 15) is 4.79 Å². The Bertz CT molecular complexity index is 829. The lowest BCUT2D eigenvalue weighted by Gasteiger charge is -2.17. The topological polar surface area (TPSA) is 38.1 Å². The summed E-state index contributed by atoms with van der Waals surface area (Å²) in [5.41, 5.74) is 2.80. The van der Waals surface area contributed by atoms with Crippen molar-refractivity contribution in [1.82, 2.24) is 14.7 Å². The van der Waals surface area contributed by atoms with Gasteiger partial charge in [-0.3, -0.25) is 4.79 Å². The van der Waals surface area contributed by atoms with Crippen molar-refractivity contribution in [3.63, 3.8) is 0 Å². The molecule has 0 spiro atoms. The predicted molar refractivity (Wildman–Crippen MR) is 95.2 cm³/mol. The molecule has 0 radical (unpaired) electrons. The average Bonchev–Trinajstić information content (AvgIpc) is 3.06. The Morgan fingerprint density at radius 2 is 1.83 bits per heavy atom. The second kappa shape index (κ2) is 7.32. The first kappa shape index (κ1) is 16.3. The fraction of sp³-hybridized carbons (Fsp3) is 0.158. The van der Waals surface area contributed by atoms with Crippen LogP contribution in [0.15, 0.2) is 67.0 Å². The Morgan fingerprint density at radius 3 is 2.58 bits per heavy atom. The molecule has 24 heavy (non-hydrogen) atoms. The highest BCUT2D eigenvalue weighted by Crippen LogP contribution is 2.17. The summed E-state index contributed by atoms with van der Waals surface area (Å²) in [6, 6.07) is 17.4. The smallest absolute Gasteiger partial charge is 0.227 e. The summed E-state index contributed by atoms with van der Waals surface area (Å²) in [7, 11) is 1.79. The van der Waals surface area contributed by atoms with Crippen LogP contribution in [0, 0.1) is 0 Å². The number of para-hydroxylation sites is 1. The number of halogens is 1. The minimum absolute atomic E-state index is 0.0301. The van der Waals surface area contributed by atoms with Crippen molar-refractivity contribution in [2.24, 2.45) is 0 Å². The van der Waals surface area contributed by atoms with Gasteiger partial charge in [0.1, 0.15) is 0 Å². The van der Waals surface area contributed by atoms with E-state index in [1.807, 2.05) is 60.8 Å². The highest BCUT2D eigenvalue weighted by Gasteiger charge is 2.13. The van der Waals surface area contributed by atoms with E-state index in [0.717, 1.165) is 16.8 Å². The van der Waals surface area contributed by atoms with E-state index in [2.05, 4.69) is 5.10 Å². The number of aromatic nitrogens is 2. The fourth-order valence-corrected chi connectivity index (χ4v) is 2.65. The van der Waals surface area contributed by atoms with E-state index < -0.39 is 0 Å². The highest BCUT2D eigenvalue weighted by molar-refractivity contribution is 6.31. The quantitative estimate of drug-likeness (QED) is 0.710. The molecule has 0 aliphatic carbocycles. The zero-order chi connectivity index (χ0) is 16.9. The summed E-state index contributed by atoms with van der Waals surface area (Å²) in [5.74, 6) is 0.0301. The lowest BCUT2D eigenvalue weighted by molar-refractivity contribution is -0.129. The molecule has 0 bridgehead atoms. The molecule has 0 aliphatic rings. The SMILES string of the molecule is CN(Cc1ccccc1Cl)C(=O)Cc1cnn(-c2ccccc2)c1. The number of hydrogen-bond acceptors (Lipinski definition) is 2. The number of benzene rings is 2. The minimum atomic E-state index is 0.0301. The second-order valence-electron chi connectivity index (χ2n) is 5.65. The van der Waals surface area contributed by atoms with Crippen LogP contribution in [-0.4, -0.2) is 27.6 Å². The van der Waals surface area contributed by atoms with Gasteiger partial charge in [-0.15, -0.1) is 0 Å². The van der Waals surface area contributed by atoms with Crippen LogP contribution in [0.1, 0.15) is 11.1 Å². The predicted octanol–water partition coefficient (Wildman–Crippen LogP) is 3.73. The Hall–Kier alpha value is -2.59. The minimum Gasteiger partial charge on any atom is -0.341 e. The van der Waals surface area contributed by atoms with E-state index in [4.69, 9.17) is 11.6 Å². The maximum absolute atomic E-state index is 12.4. The lowest BCUT2D eigenvalue weighted by atomic mass is 10.2. The molecule has 5 heteroatoms. The second-order valence-corrected chi connectivity index (χ2v) is 6.05. The monoisotopic (exact) mass is 339 g/mol. The van der Waals surface area contributed by atoms with Crippen LogP contribution >= 0.6 is 11.6 Å². The van der Waals surface area contributed by atoms with Gasteiger partial charge in [0, 0.05) is 24.8 Å². The van der Waals surface area contributed by atoms with E-state index >= 15 is 0 Å². The molecule has 122 valence electrons. The Labute approximate surface area is 146 Å². The van der Waals surface area contributed by atoms with Gasteiger partial charge in [-0.1, -0.05) is 48.0 Å². The molecule has 0 unspecified atom stereocenters. The van der Waals surface area contributed by atoms with E-state index in [0.29, 0.717) is 18.0 Å². The third-order valence-electron chi connectivity index (χ3n) is 3.80. The van der Waals surface area contributed by atoms with Gasteiger partial charge in [0.25, 0.3) is 0 Å². The summed E-state index contributed by atoms with van der Waals surface area (Å²) in [6.07, 6.45) is 3.93. The molecule has 0 N–H and O–H groups in total. The van der Waals surface area contributed by atoms with Crippen LogP contribution in [0.3, 0.4) is 0 Å². The molecule has 0 atom stereocenters. The third-order valence-corrected chi connectivity index (χ3v) is 4.17. The fourth-order valence-electron chi connectivity index (χ4n) is 2.45. The summed E-state index contributed by atoms with van der Waals surface area (Å²) in [6.45, 7) is 0.491. The summed E-state index contributed by atoms with van der Waals surface area (Å²) in [4.78, 5) is 14.1. The molecule has 0 saturated heterocycles. The van der Waals surface area contributed by atoms with Gasteiger partial charge in [0.2, 0.25) is 5.91 Å². The first-order valence-corrected chi connectivity index (χ1v) is 8.07. The maximum atomic E-state index is 12.4. The molecule has 4 nitrogen and oxygen atoms in total. The number of likely N-dealkylation sites (N-methyl/N-ethyl adjacent to an activating group) is 1. The van der Waals surface area contributed by atoms with Crippen LogP contribution in [0.4, 0.5) is 0 Å². The van der Waals surface area contributed by atoms with Crippen molar-refractivity contribution in [1.29, 1.82) is 0 Å². The van der Waals surface area contributed by atoms with E-state index in [1.54, 1.807) is 22.8 Å². The molecule has 1 heterocycles.